The van der Waals surface area contributed by atoms with Crippen LogP contribution in [0.15, 0.2) is 305 Å². The molecule has 0 bridgehead atoms. The average molecular weight is 1590 g/mol. The molecule has 0 aliphatic carbocycles. The number of nitrogens with one attached hydrogen (secondary N) is 2. The number of esters is 5. The Morgan fingerprint density at radius 1 is 0.331 bits per heavy atom. The molecule has 21 heteroatoms. The minimum Gasteiger partial charge on any atom is -0.508 e. The smallest absolute Gasteiger partial charge is 0.343 e. The predicted octanol–water partition coefficient (Wildman–Crippen LogP) is 16.9. The molecule has 0 spiro atoms. The van der Waals surface area contributed by atoms with Crippen molar-refractivity contribution < 1.29 is 86.5 Å². The number of rotatable bonds is 27. The Balaban J connectivity index is 0.000000254. The van der Waals surface area contributed by atoms with E-state index in [0.717, 1.165) is 57.2 Å². The van der Waals surface area contributed by atoms with Gasteiger partial charge in [0.05, 0.1) is 61.9 Å². The van der Waals surface area contributed by atoms with Crippen molar-refractivity contribution in [2.75, 3.05) is 50.3 Å². The molecule has 11 aromatic rings. The van der Waals surface area contributed by atoms with Gasteiger partial charge in [0.2, 0.25) is 0 Å². The third-order valence-electron chi connectivity index (χ3n) is 16.0. The molecular weight excluding hydrogens is 1520 g/mol. The molecule has 20 nitrogen and oxygen atoms in total. The van der Waals surface area contributed by atoms with Gasteiger partial charge in [0.25, 0.3) is 17.1 Å². The number of halogens is 1. The summed E-state index contributed by atoms with van der Waals surface area (Å²) in [5.74, 6) is 22.1. The predicted molar refractivity (Wildman–Crippen MR) is 448 cm³/mol. The van der Waals surface area contributed by atoms with Crippen LogP contribution in [0.3, 0.4) is 0 Å². The van der Waals surface area contributed by atoms with Crippen LogP contribution >= 0.6 is 11.6 Å². The lowest BCUT2D eigenvalue weighted by Gasteiger charge is -2.13. The summed E-state index contributed by atoms with van der Waals surface area (Å²) in [5, 5.41) is 24.3. The lowest BCUT2D eigenvalue weighted by molar-refractivity contribution is -0.138. The zero-order valence-electron chi connectivity index (χ0n) is 63.4. The van der Waals surface area contributed by atoms with E-state index < -0.39 is 46.9 Å². The number of hydrogen-bond donors (Lipinski definition) is 4. The van der Waals surface area contributed by atoms with Gasteiger partial charge in [-0.3, -0.25) is 14.4 Å². The van der Waals surface area contributed by atoms with Gasteiger partial charge in [-0.15, -0.1) is 0 Å². The summed E-state index contributed by atoms with van der Waals surface area (Å²) >= 11 is 5.31. The summed E-state index contributed by atoms with van der Waals surface area (Å²) in [6.45, 7) is 11.5. The van der Waals surface area contributed by atoms with Crippen molar-refractivity contribution in [2.45, 2.75) is 19.3 Å². The Kier molecular flexibility index (Phi) is 33.7. The summed E-state index contributed by atoms with van der Waals surface area (Å²) in [5.41, 5.74) is 8.52. The Hall–Kier alpha value is -15.9. The second-order valence-corrected chi connectivity index (χ2v) is 25.0. The molecule has 588 valence electrons. The van der Waals surface area contributed by atoms with Gasteiger partial charge in [-0.1, -0.05) is 103 Å². The first-order valence-corrected chi connectivity index (χ1v) is 36.8. The Morgan fingerprint density at radius 3 is 0.992 bits per heavy atom. The molecule has 2 amide bonds. The second kappa shape index (κ2) is 46.2. The van der Waals surface area contributed by atoms with Crippen molar-refractivity contribution in [3.8, 4) is 87.6 Å². The molecule has 0 radical (unpaired) electrons. The van der Waals surface area contributed by atoms with Gasteiger partial charge in [0, 0.05) is 98.9 Å². The first-order valence-electron chi connectivity index (χ1n) is 36.4. The number of anilines is 2. The average Bonchev–Trinajstić information content (AvgIpc) is 0.806. The molecule has 0 saturated heterocycles. The fourth-order valence-corrected chi connectivity index (χ4v) is 10.1. The molecule has 0 aliphatic heterocycles. The minimum absolute atomic E-state index is 0.00391. The molecule has 0 aromatic heterocycles. The van der Waals surface area contributed by atoms with Crippen molar-refractivity contribution in [2.24, 2.45) is 0 Å². The van der Waals surface area contributed by atoms with Crippen LogP contribution in [-0.4, -0.2) is 96.8 Å². The van der Waals surface area contributed by atoms with Crippen LogP contribution in [0.2, 0.25) is 0 Å². The SMILES string of the molecule is C=CC(=O)OCCCOc1ccc(C(=O)Cl)cc1.C=CC(=O)OCCCOc1ccc(C(=O)Oc2ccc(OC(=O)c3ccc(OCCCOC(=O)C=C)cc3)c(C(=O)Nc3ccc(C#Cc4ccc(C#Cc5ccccc5)cc4)cc3)c2)cc1.O=C(Nc1ccc(C#Cc2ccc(C#Cc3ccccc3)cc2)cc1)c1cc(O)ccc1O. The van der Waals surface area contributed by atoms with E-state index in [2.05, 4.69) is 77.7 Å². The number of amides is 2. The molecule has 118 heavy (non-hydrogen) atoms. The van der Waals surface area contributed by atoms with E-state index >= 15 is 0 Å². The number of ether oxygens (including phenoxy) is 8. The van der Waals surface area contributed by atoms with Gasteiger partial charge in [-0.2, -0.15) is 0 Å². The molecule has 0 fully saturated rings. The molecule has 0 heterocycles. The van der Waals surface area contributed by atoms with E-state index in [9.17, 15) is 48.6 Å². The third kappa shape index (κ3) is 29.7. The number of carbonyl (C=O) groups is 8. The zero-order valence-corrected chi connectivity index (χ0v) is 64.2. The summed E-state index contributed by atoms with van der Waals surface area (Å²) in [6.07, 6.45) is 4.75. The lowest BCUT2D eigenvalue weighted by atomic mass is 10.1. The number of carbonyl (C=O) groups excluding carboxylic acids is 8. The fourth-order valence-electron chi connectivity index (χ4n) is 9.93. The lowest BCUT2D eigenvalue weighted by Crippen LogP contribution is -2.17. The van der Waals surface area contributed by atoms with Gasteiger partial charge < -0.3 is 58.7 Å². The van der Waals surface area contributed by atoms with Crippen molar-refractivity contribution in [3.05, 3.63) is 377 Å². The molecule has 0 aliphatic rings. The maximum absolute atomic E-state index is 13.9. The topological polar surface area (TPSA) is 275 Å². The Bertz CT molecular complexity index is 5610. The number of benzene rings is 11. The minimum atomic E-state index is -0.764. The van der Waals surface area contributed by atoms with E-state index in [0.29, 0.717) is 65.6 Å². The molecule has 0 unspecified atom stereocenters. The van der Waals surface area contributed by atoms with Crippen molar-refractivity contribution in [1.82, 2.24) is 0 Å². The molecule has 0 saturated carbocycles. The number of aromatic hydroxyl groups is 2. The van der Waals surface area contributed by atoms with Crippen LogP contribution in [0.25, 0.3) is 0 Å². The monoisotopic (exact) mass is 1590 g/mol. The highest BCUT2D eigenvalue weighted by Gasteiger charge is 2.21. The Labute approximate surface area is 686 Å². The second-order valence-electron chi connectivity index (χ2n) is 24.7. The number of phenolic OH excluding ortho intramolecular Hbond substituents is 2. The van der Waals surface area contributed by atoms with Crippen LogP contribution in [0.5, 0.6) is 40.2 Å². The van der Waals surface area contributed by atoms with E-state index in [1.54, 1.807) is 97.1 Å². The van der Waals surface area contributed by atoms with E-state index in [4.69, 9.17) is 49.5 Å². The van der Waals surface area contributed by atoms with Crippen molar-refractivity contribution >= 4 is 69.9 Å². The third-order valence-corrected chi connectivity index (χ3v) is 16.2. The zero-order chi connectivity index (χ0) is 83.6. The number of phenols is 2. The van der Waals surface area contributed by atoms with Crippen molar-refractivity contribution in [3.63, 3.8) is 0 Å². The first-order chi connectivity index (χ1) is 57.3. The van der Waals surface area contributed by atoms with E-state index in [1.165, 1.54) is 60.7 Å². The van der Waals surface area contributed by atoms with Crippen LogP contribution in [0.1, 0.15) is 116 Å². The highest BCUT2D eigenvalue weighted by Crippen LogP contribution is 2.29. The first kappa shape index (κ1) is 86.1. The highest BCUT2D eigenvalue weighted by molar-refractivity contribution is 6.67. The summed E-state index contributed by atoms with van der Waals surface area (Å²) < 4.78 is 42.7. The van der Waals surface area contributed by atoms with Crippen LogP contribution in [0.4, 0.5) is 11.4 Å². The summed E-state index contributed by atoms with van der Waals surface area (Å²) in [6, 6.07) is 75.6. The molecule has 4 N–H and O–H groups in total. The summed E-state index contributed by atoms with van der Waals surface area (Å²) in [7, 11) is 0. The molecule has 0 atom stereocenters. The fraction of sp³-hybridized carbons (Fsp3) is 0.0928. The van der Waals surface area contributed by atoms with Gasteiger partial charge in [0.15, 0.2) is 0 Å². The number of hydrogen-bond acceptors (Lipinski definition) is 18. The van der Waals surface area contributed by atoms with Gasteiger partial charge in [-0.05, 0) is 242 Å². The van der Waals surface area contributed by atoms with Crippen LogP contribution < -0.4 is 34.3 Å². The largest absolute Gasteiger partial charge is 0.508 e. The summed E-state index contributed by atoms with van der Waals surface area (Å²) in [4.78, 5) is 96.8. The van der Waals surface area contributed by atoms with Crippen LogP contribution in [-0.2, 0) is 28.6 Å². The maximum atomic E-state index is 13.9. The van der Waals surface area contributed by atoms with Gasteiger partial charge >= 0.3 is 29.8 Å². The van der Waals surface area contributed by atoms with Crippen LogP contribution in [0, 0.1) is 47.4 Å². The molecule has 11 aromatic carbocycles. The highest BCUT2D eigenvalue weighted by atomic mass is 35.5. The van der Waals surface area contributed by atoms with Crippen molar-refractivity contribution in [1.29, 1.82) is 0 Å². The van der Waals surface area contributed by atoms with Gasteiger partial charge in [0.1, 0.15) is 40.2 Å². The van der Waals surface area contributed by atoms with Gasteiger partial charge in [-0.25, -0.2) is 24.0 Å². The normalized spacial score (nSPS) is 9.87. The molecule has 11 rings (SSSR count). The standard InChI is InChI=1S/C55H43NO11.C29H19NO3.C13H13ClO4/c1-3-51(57)64-36-8-34-62-46-28-22-43(23-29-46)54(60)66-48-32-33-50(67-55(61)44-24-30-47(31-25-44)63-35-9-37-65-52(58)4-2)49(38-48)53(59)56-45-26-20-42(21-27-45)19-18-41-16-14-40(15-17-41)13-12-39-10-6-5-7-11-39;31-26-18-19-28(32)27(20-26)29(33)30-25-16-14-24(15-17-25)13-12-23-10-8-22(9-11-23)7-6-21-4-2-1-3-5-21;1-2-12(15)18-9-3-8-17-11-6-4-10(5-7-11)13(14)16/h3-7,10-11,14-17,20-33,38H,1-2,8-9,34-37H2,(H,56,59);1-5,8-11,14-20,31-32H,(H,30,33);2,4-7H,1,3,8-9H2. The maximum Gasteiger partial charge on any atom is 0.343 e. The van der Waals surface area contributed by atoms with E-state index in [-0.39, 0.29) is 78.3 Å². The quantitative estimate of drug-likeness (QED) is 0.00544. The molecular formula is C97H75ClN2O18. The van der Waals surface area contributed by atoms with E-state index in [1.807, 2.05) is 109 Å². The Morgan fingerprint density at radius 2 is 0.644 bits per heavy atom.